The lowest BCUT2D eigenvalue weighted by molar-refractivity contribution is 0.0784. The zero-order chi connectivity index (χ0) is 20.2. The van der Waals surface area contributed by atoms with Crippen molar-refractivity contribution in [2.75, 3.05) is 31.2 Å². The van der Waals surface area contributed by atoms with Gasteiger partial charge in [0.1, 0.15) is 17.4 Å². The molecular formula is C22H25N5O3. The van der Waals surface area contributed by atoms with E-state index in [1.165, 1.54) is 0 Å². The molecule has 2 fully saturated rings. The van der Waals surface area contributed by atoms with Crippen LogP contribution in [-0.2, 0) is 4.74 Å². The van der Waals surface area contributed by atoms with E-state index in [-0.39, 0.29) is 12.2 Å². The fourth-order valence-electron chi connectivity index (χ4n) is 4.09. The summed E-state index contributed by atoms with van der Waals surface area (Å²) in [5.41, 5.74) is 2.78. The van der Waals surface area contributed by atoms with Gasteiger partial charge in [0.2, 0.25) is 5.88 Å². The average Bonchev–Trinajstić information content (AvgIpc) is 2.81. The molecule has 156 valence electrons. The van der Waals surface area contributed by atoms with Crippen molar-refractivity contribution in [1.82, 2.24) is 19.9 Å². The summed E-state index contributed by atoms with van der Waals surface area (Å²) in [5, 5.41) is 0. The van der Waals surface area contributed by atoms with Crippen LogP contribution in [0.4, 0.5) is 5.69 Å². The van der Waals surface area contributed by atoms with E-state index in [0.29, 0.717) is 5.88 Å². The molecule has 1 aliphatic heterocycles. The summed E-state index contributed by atoms with van der Waals surface area (Å²) in [6.45, 7) is 3.22. The minimum Gasteiger partial charge on any atom is -0.488 e. The van der Waals surface area contributed by atoms with Gasteiger partial charge in [0, 0.05) is 49.6 Å². The van der Waals surface area contributed by atoms with Crippen LogP contribution in [-0.4, -0.2) is 58.4 Å². The molecule has 0 bridgehead atoms. The van der Waals surface area contributed by atoms with Crippen LogP contribution in [0.25, 0.3) is 11.0 Å². The molecule has 2 aromatic heterocycles. The van der Waals surface area contributed by atoms with Crippen molar-refractivity contribution < 1.29 is 14.2 Å². The predicted octanol–water partition coefficient (Wildman–Crippen LogP) is 3.03. The Balaban J connectivity index is 1.29. The van der Waals surface area contributed by atoms with Gasteiger partial charge >= 0.3 is 0 Å². The number of hydrogen-bond acceptors (Lipinski definition) is 8. The van der Waals surface area contributed by atoms with E-state index in [4.69, 9.17) is 14.2 Å². The van der Waals surface area contributed by atoms with Crippen LogP contribution in [0.1, 0.15) is 25.7 Å². The lowest BCUT2D eigenvalue weighted by Gasteiger charge is -2.31. The molecule has 1 aromatic carbocycles. The Labute approximate surface area is 175 Å². The molecule has 8 nitrogen and oxygen atoms in total. The molecule has 0 unspecified atom stereocenters. The molecule has 2 aliphatic rings. The number of benzene rings is 1. The van der Waals surface area contributed by atoms with Crippen molar-refractivity contribution in [2.45, 2.75) is 37.9 Å². The van der Waals surface area contributed by atoms with Crippen molar-refractivity contribution in [3.63, 3.8) is 0 Å². The molecule has 1 saturated heterocycles. The molecule has 5 rings (SSSR count). The number of rotatable bonds is 5. The first-order chi connectivity index (χ1) is 14.8. The lowest BCUT2D eigenvalue weighted by atomic mass is 9.95. The lowest BCUT2D eigenvalue weighted by Crippen LogP contribution is -2.36. The van der Waals surface area contributed by atoms with Crippen LogP contribution in [0, 0.1) is 0 Å². The predicted molar refractivity (Wildman–Crippen MR) is 112 cm³/mol. The van der Waals surface area contributed by atoms with E-state index >= 15 is 0 Å². The smallest absolute Gasteiger partial charge is 0.232 e. The van der Waals surface area contributed by atoms with Crippen molar-refractivity contribution >= 4 is 16.7 Å². The van der Waals surface area contributed by atoms with Gasteiger partial charge in [-0.3, -0.25) is 9.97 Å². The number of anilines is 1. The number of hydrogen-bond donors (Lipinski definition) is 0. The number of fused-ring (bicyclic) bond motifs is 1. The quantitative estimate of drug-likeness (QED) is 0.638. The standard InChI is InChI=1S/C22H25N5O3/c1-3-18(30-21-15-23-5-6-25-21)4-2-17(1)29-20-14-16(27-9-11-28-12-10-27)13-19-22(20)26-8-7-24-19/h5-8,13-15,17-18H,1-4,9-12H2. The van der Waals surface area contributed by atoms with Crippen LogP contribution in [0.2, 0.25) is 0 Å². The highest BCUT2D eigenvalue weighted by molar-refractivity contribution is 5.85. The van der Waals surface area contributed by atoms with E-state index < -0.39 is 0 Å². The summed E-state index contributed by atoms with van der Waals surface area (Å²) in [6, 6.07) is 4.19. The minimum atomic E-state index is 0.136. The largest absolute Gasteiger partial charge is 0.488 e. The molecular weight excluding hydrogens is 382 g/mol. The summed E-state index contributed by atoms with van der Waals surface area (Å²) >= 11 is 0. The normalized spacial score (nSPS) is 22.1. The second-order valence-electron chi connectivity index (χ2n) is 7.65. The van der Waals surface area contributed by atoms with E-state index in [1.54, 1.807) is 31.0 Å². The van der Waals surface area contributed by atoms with Crippen molar-refractivity contribution in [3.05, 3.63) is 43.1 Å². The Morgan fingerprint density at radius 1 is 0.833 bits per heavy atom. The molecule has 0 amide bonds. The van der Waals surface area contributed by atoms with Crippen LogP contribution in [0.3, 0.4) is 0 Å². The molecule has 1 saturated carbocycles. The van der Waals surface area contributed by atoms with Gasteiger partial charge in [0.05, 0.1) is 31.0 Å². The molecule has 1 aliphatic carbocycles. The van der Waals surface area contributed by atoms with Gasteiger partial charge in [-0.1, -0.05) is 0 Å². The third kappa shape index (κ3) is 4.28. The van der Waals surface area contributed by atoms with Gasteiger partial charge < -0.3 is 19.1 Å². The Kier molecular flexibility index (Phi) is 5.56. The fourth-order valence-corrected chi connectivity index (χ4v) is 4.09. The van der Waals surface area contributed by atoms with Gasteiger partial charge in [0.25, 0.3) is 0 Å². The Bertz CT molecular complexity index is 973. The molecule has 0 radical (unpaired) electrons. The maximum atomic E-state index is 6.45. The van der Waals surface area contributed by atoms with Gasteiger partial charge in [0.15, 0.2) is 0 Å². The number of aromatic nitrogens is 4. The zero-order valence-electron chi connectivity index (χ0n) is 16.8. The van der Waals surface area contributed by atoms with Gasteiger partial charge in [-0.2, -0.15) is 0 Å². The maximum absolute atomic E-state index is 6.45. The maximum Gasteiger partial charge on any atom is 0.232 e. The average molecular weight is 407 g/mol. The monoisotopic (exact) mass is 407 g/mol. The third-order valence-electron chi connectivity index (χ3n) is 5.64. The van der Waals surface area contributed by atoms with Crippen LogP contribution < -0.4 is 14.4 Å². The minimum absolute atomic E-state index is 0.136. The topological polar surface area (TPSA) is 82.5 Å². The Hall–Kier alpha value is -3.00. The van der Waals surface area contributed by atoms with Crippen LogP contribution in [0.15, 0.2) is 43.1 Å². The first-order valence-electron chi connectivity index (χ1n) is 10.5. The molecule has 0 spiro atoms. The second-order valence-corrected chi connectivity index (χ2v) is 7.65. The van der Waals surface area contributed by atoms with E-state index in [0.717, 1.165) is 74.5 Å². The number of ether oxygens (including phenoxy) is 3. The Morgan fingerprint density at radius 2 is 1.57 bits per heavy atom. The number of nitrogens with zero attached hydrogens (tertiary/aromatic N) is 5. The summed E-state index contributed by atoms with van der Waals surface area (Å²) < 4.78 is 17.9. The molecule has 0 atom stereocenters. The van der Waals surface area contributed by atoms with Crippen molar-refractivity contribution in [3.8, 4) is 11.6 Å². The first kappa shape index (κ1) is 19.0. The highest BCUT2D eigenvalue weighted by Crippen LogP contribution is 2.33. The first-order valence-corrected chi connectivity index (χ1v) is 10.5. The summed E-state index contributed by atoms with van der Waals surface area (Å²) in [4.78, 5) is 19.6. The highest BCUT2D eigenvalue weighted by atomic mass is 16.5. The molecule has 3 heterocycles. The molecule has 0 N–H and O–H groups in total. The van der Waals surface area contributed by atoms with E-state index in [1.807, 2.05) is 0 Å². The fraction of sp³-hybridized carbons (Fsp3) is 0.455. The SMILES string of the molecule is c1cnc(OC2CCC(Oc3cc(N4CCOCC4)cc4nccnc34)CC2)cn1. The van der Waals surface area contributed by atoms with Gasteiger partial charge in [-0.15, -0.1) is 0 Å². The van der Waals surface area contributed by atoms with Gasteiger partial charge in [-0.25, -0.2) is 9.97 Å². The van der Waals surface area contributed by atoms with Crippen molar-refractivity contribution in [1.29, 1.82) is 0 Å². The summed E-state index contributed by atoms with van der Waals surface area (Å²) in [7, 11) is 0. The molecule has 30 heavy (non-hydrogen) atoms. The summed E-state index contributed by atoms with van der Waals surface area (Å²) in [5.74, 6) is 1.39. The summed E-state index contributed by atoms with van der Waals surface area (Å²) in [6.07, 6.45) is 12.4. The third-order valence-corrected chi connectivity index (χ3v) is 5.64. The van der Waals surface area contributed by atoms with Crippen LogP contribution >= 0.6 is 0 Å². The molecule has 8 heteroatoms. The van der Waals surface area contributed by atoms with Crippen molar-refractivity contribution in [2.24, 2.45) is 0 Å². The van der Waals surface area contributed by atoms with Gasteiger partial charge in [-0.05, 0) is 31.7 Å². The Morgan fingerprint density at radius 3 is 2.33 bits per heavy atom. The van der Waals surface area contributed by atoms with E-state index in [2.05, 4.69) is 37.0 Å². The highest BCUT2D eigenvalue weighted by Gasteiger charge is 2.25. The zero-order valence-corrected chi connectivity index (χ0v) is 16.8. The second kappa shape index (κ2) is 8.79. The van der Waals surface area contributed by atoms with Crippen LogP contribution in [0.5, 0.6) is 11.6 Å². The number of morpholine rings is 1. The van der Waals surface area contributed by atoms with E-state index in [9.17, 15) is 0 Å². The molecule has 3 aromatic rings.